The topological polar surface area (TPSA) is 42.4 Å². The maximum atomic E-state index is 12.6. The van der Waals surface area contributed by atoms with Crippen molar-refractivity contribution in [1.29, 1.82) is 0 Å². The lowest BCUT2D eigenvalue weighted by Crippen LogP contribution is -2.60. The van der Waals surface area contributed by atoms with Crippen LogP contribution in [0, 0.1) is 19.8 Å². The minimum absolute atomic E-state index is 0.146. The van der Waals surface area contributed by atoms with E-state index in [4.69, 9.17) is 4.74 Å². The first-order valence-electron chi connectivity index (χ1n) is 8.53. The Balaban J connectivity index is 1.32. The van der Waals surface area contributed by atoms with E-state index in [-0.39, 0.29) is 10.7 Å². The van der Waals surface area contributed by atoms with Gasteiger partial charge in [-0.05, 0) is 51.2 Å². The molecule has 1 aliphatic carbocycles. The first-order chi connectivity index (χ1) is 11.0. The van der Waals surface area contributed by atoms with Gasteiger partial charge in [0.15, 0.2) is 0 Å². The molecule has 23 heavy (non-hydrogen) atoms. The van der Waals surface area contributed by atoms with Gasteiger partial charge in [0.05, 0.1) is 10.9 Å². The molecule has 0 N–H and O–H groups in total. The van der Waals surface area contributed by atoms with Gasteiger partial charge in [-0.25, -0.2) is 0 Å². The maximum absolute atomic E-state index is 12.6. The minimum Gasteiger partial charge on any atom is -0.377 e. The van der Waals surface area contributed by atoms with Crippen molar-refractivity contribution in [3.05, 3.63) is 29.1 Å². The zero-order valence-corrected chi connectivity index (χ0v) is 14.7. The molecule has 1 amide bonds. The van der Waals surface area contributed by atoms with Crippen LogP contribution in [0.3, 0.4) is 0 Å². The normalized spacial score (nSPS) is 25.7. The van der Waals surface area contributed by atoms with Crippen molar-refractivity contribution in [3.63, 3.8) is 0 Å². The standard InChI is InChI=1S/C18H24N2O2S/c1-12-5-15(6-13(2)19-12)17(21)20-10-18(11-20)7-16(9-23-18)22-8-14-3-4-14/h5-6,14,16H,3-4,7-11H2,1-2H3. The second kappa shape index (κ2) is 5.78. The number of thioether (sulfide) groups is 1. The van der Waals surface area contributed by atoms with Crippen molar-refractivity contribution in [2.45, 2.75) is 44.0 Å². The summed E-state index contributed by atoms with van der Waals surface area (Å²) in [5, 5.41) is 0. The molecule has 1 spiro atoms. The molecule has 2 aliphatic heterocycles. The van der Waals surface area contributed by atoms with Gasteiger partial charge in [-0.15, -0.1) is 11.8 Å². The minimum atomic E-state index is 0.146. The summed E-state index contributed by atoms with van der Waals surface area (Å²) in [7, 11) is 0. The molecule has 0 aromatic carbocycles. The third-order valence-corrected chi connectivity index (χ3v) is 6.59. The number of ether oxygens (including phenoxy) is 1. The average Bonchev–Trinajstić information content (AvgIpc) is 3.20. The largest absolute Gasteiger partial charge is 0.377 e. The zero-order chi connectivity index (χ0) is 16.0. The van der Waals surface area contributed by atoms with Gasteiger partial charge in [0.25, 0.3) is 5.91 Å². The molecule has 4 nitrogen and oxygen atoms in total. The van der Waals surface area contributed by atoms with Crippen molar-refractivity contribution in [2.75, 3.05) is 25.4 Å². The van der Waals surface area contributed by atoms with E-state index in [1.54, 1.807) is 0 Å². The van der Waals surface area contributed by atoms with E-state index in [1.165, 1.54) is 12.8 Å². The van der Waals surface area contributed by atoms with Gasteiger partial charge in [-0.1, -0.05) is 0 Å². The highest BCUT2D eigenvalue weighted by atomic mass is 32.2. The van der Waals surface area contributed by atoms with Crippen LogP contribution in [0.15, 0.2) is 12.1 Å². The molecule has 5 heteroatoms. The fraction of sp³-hybridized carbons (Fsp3) is 0.667. The molecule has 1 aromatic rings. The molecule has 4 rings (SSSR count). The predicted molar refractivity (Wildman–Crippen MR) is 91.9 cm³/mol. The summed E-state index contributed by atoms with van der Waals surface area (Å²) in [6.45, 7) is 6.55. The Kier molecular flexibility index (Phi) is 3.88. The van der Waals surface area contributed by atoms with Crippen molar-refractivity contribution < 1.29 is 9.53 Å². The lowest BCUT2D eigenvalue weighted by Gasteiger charge is -2.47. The van der Waals surface area contributed by atoms with Crippen LogP contribution >= 0.6 is 11.8 Å². The van der Waals surface area contributed by atoms with Gasteiger partial charge in [-0.2, -0.15) is 0 Å². The summed E-state index contributed by atoms with van der Waals surface area (Å²) < 4.78 is 6.29. The van der Waals surface area contributed by atoms with Crippen LogP contribution in [0.4, 0.5) is 0 Å². The molecular formula is C18H24N2O2S. The van der Waals surface area contributed by atoms with Crippen LogP contribution < -0.4 is 0 Å². The summed E-state index contributed by atoms with van der Waals surface area (Å²) in [4.78, 5) is 19.0. The molecule has 3 heterocycles. The highest BCUT2D eigenvalue weighted by Gasteiger charge is 2.51. The Morgan fingerprint density at radius 3 is 2.70 bits per heavy atom. The summed E-state index contributed by atoms with van der Waals surface area (Å²) in [6.07, 6.45) is 4.18. The monoisotopic (exact) mass is 332 g/mol. The lowest BCUT2D eigenvalue weighted by molar-refractivity contribution is 0.0287. The Morgan fingerprint density at radius 1 is 1.35 bits per heavy atom. The number of rotatable bonds is 4. The molecule has 3 aliphatic rings. The third-order valence-electron chi connectivity index (χ3n) is 5.01. The Labute approximate surface area is 142 Å². The number of aromatic nitrogens is 1. The van der Waals surface area contributed by atoms with Gasteiger partial charge >= 0.3 is 0 Å². The van der Waals surface area contributed by atoms with Gasteiger partial charge in [0.2, 0.25) is 0 Å². The first kappa shape index (κ1) is 15.5. The van der Waals surface area contributed by atoms with Crippen molar-refractivity contribution in [2.24, 2.45) is 5.92 Å². The molecule has 0 bridgehead atoms. The van der Waals surface area contributed by atoms with Crippen LogP contribution in [0.5, 0.6) is 0 Å². The van der Waals surface area contributed by atoms with Crippen molar-refractivity contribution in [3.8, 4) is 0 Å². The number of carbonyl (C=O) groups is 1. The van der Waals surface area contributed by atoms with Crippen LogP contribution in [0.1, 0.15) is 41.0 Å². The first-order valence-corrected chi connectivity index (χ1v) is 9.52. The molecule has 3 fully saturated rings. The number of hydrogen-bond donors (Lipinski definition) is 0. The lowest BCUT2D eigenvalue weighted by atomic mass is 9.92. The smallest absolute Gasteiger partial charge is 0.254 e. The quantitative estimate of drug-likeness (QED) is 0.850. The number of pyridine rings is 1. The van der Waals surface area contributed by atoms with Crippen LogP contribution in [-0.2, 0) is 4.74 Å². The Morgan fingerprint density at radius 2 is 2.04 bits per heavy atom. The molecule has 1 aromatic heterocycles. The predicted octanol–water partition coefficient (Wildman–Crippen LogP) is 2.83. The Hall–Kier alpha value is -1.07. The zero-order valence-electron chi connectivity index (χ0n) is 13.9. The van der Waals surface area contributed by atoms with E-state index < -0.39 is 0 Å². The third kappa shape index (κ3) is 3.26. The second-order valence-electron chi connectivity index (χ2n) is 7.40. The summed E-state index contributed by atoms with van der Waals surface area (Å²) in [6, 6.07) is 3.79. The van der Waals surface area contributed by atoms with Crippen LogP contribution in [0.25, 0.3) is 0 Å². The Bertz CT molecular complexity index is 603. The van der Waals surface area contributed by atoms with Crippen molar-refractivity contribution >= 4 is 17.7 Å². The fourth-order valence-electron chi connectivity index (χ4n) is 3.62. The molecule has 0 radical (unpaired) electrons. The van der Waals surface area contributed by atoms with Gasteiger partial charge in [0.1, 0.15) is 0 Å². The molecule has 124 valence electrons. The molecule has 2 saturated heterocycles. The van der Waals surface area contributed by atoms with E-state index >= 15 is 0 Å². The molecule has 1 saturated carbocycles. The number of aryl methyl sites for hydroxylation is 2. The van der Waals surface area contributed by atoms with Gasteiger partial charge < -0.3 is 9.64 Å². The highest BCUT2D eigenvalue weighted by molar-refractivity contribution is 8.01. The van der Waals surface area contributed by atoms with E-state index in [9.17, 15) is 4.79 Å². The molecule has 1 unspecified atom stereocenters. The average molecular weight is 332 g/mol. The van der Waals surface area contributed by atoms with E-state index in [1.807, 2.05) is 42.6 Å². The number of likely N-dealkylation sites (tertiary alicyclic amines) is 1. The summed E-state index contributed by atoms with van der Waals surface area (Å²) >= 11 is 2.00. The molecule has 1 atom stereocenters. The SMILES string of the molecule is Cc1cc(C(=O)N2CC3(CC(OCC4CC4)CS3)C2)cc(C)n1. The fourth-order valence-corrected chi connectivity index (χ4v) is 5.17. The van der Waals surface area contributed by atoms with Gasteiger partial charge in [0, 0.05) is 42.4 Å². The molecular weight excluding hydrogens is 308 g/mol. The highest BCUT2D eigenvalue weighted by Crippen LogP contribution is 2.46. The number of hydrogen-bond acceptors (Lipinski definition) is 4. The number of amides is 1. The maximum Gasteiger partial charge on any atom is 0.254 e. The summed E-state index contributed by atoms with van der Waals surface area (Å²) in [5.41, 5.74) is 2.59. The van der Waals surface area contributed by atoms with E-state index in [0.717, 1.165) is 54.7 Å². The summed E-state index contributed by atoms with van der Waals surface area (Å²) in [5.74, 6) is 2.06. The number of carbonyl (C=O) groups excluding carboxylic acids is 1. The van der Waals surface area contributed by atoms with Crippen molar-refractivity contribution in [1.82, 2.24) is 9.88 Å². The van der Waals surface area contributed by atoms with Gasteiger partial charge in [-0.3, -0.25) is 9.78 Å². The number of nitrogens with zero attached hydrogens (tertiary/aromatic N) is 2. The van der Waals surface area contributed by atoms with Crippen LogP contribution in [0.2, 0.25) is 0 Å². The second-order valence-corrected chi connectivity index (χ2v) is 8.88. The van der Waals surface area contributed by atoms with E-state index in [2.05, 4.69) is 4.98 Å². The van der Waals surface area contributed by atoms with E-state index in [0.29, 0.717) is 6.10 Å². The van der Waals surface area contributed by atoms with Crippen LogP contribution in [-0.4, -0.2) is 52.1 Å².